The van der Waals surface area contributed by atoms with Crippen molar-refractivity contribution in [2.24, 2.45) is 10.9 Å². The lowest BCUT2D eigenvalue weighted by Crippen LogP contribution is -2.39. The van der Waals surface area contributed by atoms with E-state index in [0.717, 1.165) is 29.5 Å². The number of guanidine groups is 1. The quantitative estimate of drug-likeness (QED) is 0.248. The predicted octanol–water partition coefficient (Wildman–Crippen LogP) is 4.48. The Kier molecular flexibility index (Phi) is 10.4. The van der Waals surface area contributed by atoms with Crippen molar-refractivity contribution in [2.75, 3.05) is 20.2 Å². The molecule has 0 spiro atoms. The van der Waals surface area contributed by atoms with E-state index in [1.54, 1.807) is 7.05 Å². The smallest absolute Gasteiger partial charge is 0.191 e. The van der Waals surface area contributed by atoms with Crippen LogP contribution in [-0.4, -0.2) is 31.3 Å². The molecule has 0 saturated heterocycles. The molecule has 0 bridgehead atoms. The topological polar surface area (TPSA) is 71.7 Å². The fourth-order valence-corrected chi connectivity index (χ4v) is 2.81. The minimum Gasteiger partial charge on any atom is -0.376 e. The third-order valence-electron chi connectivity index (χ3n) is 4.41. The van der Waals surface area contributed by atoms with Crippen molar-refractivity contribution in [1.29, 1.82) is 0 Å². The molecule has 1 atom stereocenters. The highest BCUT2D eigenvalue weighted by atomic mass is 127. The lowest BCUT2D eigenvalue weighted by atomic mass is 10.2. The summed E-state index contributed by atoms with van der Waals surface area (Å²) in [5.41, 5.74) is 3.02. The van der Waals surface area contributed by atoms with Crippen LogP contribution in [0.1, 0.15) is 18.2 Å². The largest absolute Gasteiger partial charge is 0.376 e. The molecule has 7 heteroatoms. The molecule has 30 heavy (non-hydrogen) atoms. The number of aromatic nitrogens is 1. The molecule has 0 aliphatic heterocycles. The molecule has 1 unspecified atom stereocenters. The Morgan fingerprint density at radius 3 is 2.47 bits per heavy atom. The second-order valence-corrected chi connectivity index (χ2v) is 6.96. The Morgan fingerprint density at radius 2 is 1.77 bits per heavy atom. The minimum absolute atomic E-state index is 0. The van der Waals surface area contributed by atoms with Gasteiger partial charge in [-0.3, -0.25) is 4.99 Å². The molecule has 0 aliphatic carbocycles. The van der Waals surface area contributed by atoms with Gasteiger partial charge in [0.25, 0.3) is 0 Å². The summed E-state index contributed by atoms with van der Waals surface area (Å²) in [6.07, 6.45) is 0. The highest BCUT2D eigenvalue weighted by Gasteiger charge is 2.08. The van der Waals surface area contributed by atoms with Crippen LogP contribution < -0.4 is 10.6 Å². The third kappa shape index (κ3) is 7.79. The highest BCUT2D eigenvalue weighted by molar-refractivity contribution is 14.0. The minimum atomic E-state index is 0. The fraction of sp³-hybridized carbons (Fsp3) is 0.304. The SMILES string of the molecule is CN=C(NCc1cc(-c2ccccc2)on1)NCC(C)COCc1ccccc1.I. The van der Waals surface area contributed by atoms with Crippen molar-refractivity contribution in [3.8, 4) is 11.3 Å². The number of halogens is 1. The van der Waals surface area contributed by atoms with E-state index in [4.69, 9.17) is 9.26 Å². The first kappa shape index (κ1) is 23.9. The molecule has 2 aromatic carbocycles. The van der Waals surface area contributed by atoms with Crippen molar-refractivity contribution in [3.63, 3.8) is 0 Å². The molecule has 3 aromatic rings. The highest BCUT2D eigenvalue weighted by Crippen LogP contribution is 2.19. The molecule has 0 fully saturated rings. The number of nitrogens with zero attached hydrogens (tertiary/aromatic N) is 2. The van der Waals surface area contributed by atoms with Crippen LogP contribution in [0.15, 0.2) is 76.2 Å². The van der Waals surface area contributed by atoms with E-state index < -0.39 is 0 Å². The summed E-state index contributed by atoms with van der Waals surface area (Å²) in [6, 6.07) is 22.1. The van der Waals surface area contributed by atoms with Crippen molar-refractivity contribution in [1.82, 2.24) is 15.8 Å². The Bertz CT molecular complexity index is 884. The van der Waals surface area contributed by atoms with Gasteiger partial charge in [0.05, 0.1) is 19.8 Å². The van der Waals surface area contributed by atoms with Gasteiger partial charge < -0.3 is 19.9 Å². The van der Waals surface area contributed by atoms with Gasteiger partial charge >= 0.3 is 0 Å². The number of hydrogen-bond acceptors (Lipinski definition) is 4. The summed E-state index contributed by atoms with van der Waals surface area (Å²) >= 11 is 0. The lowest BCUT2D eigenvalue weighted by Gasteiger charge is -2.16. The number of rotatable bonds is 9. The maximum absolute atomic E-state index is 5.80. The average Bonchev–Trinajstić information content (AvgIpc) is 3.24. The standard InChI is InChI=1S/C23H28N4O2.HI/c1-18(16-28-17-19-9-5-3-6-10-19)14-25-23(24-2)26-15-21-13-22(29-27-21)20-11-7-4-8-12-20;/h3-13,18H,14-17H2,1-2H3,(H2,24,25,26);1H. The summed E-state index contributed by atoms with van der Waals surface area (Å²) in [5, 5.41) is 10.7. The molecule has 3 rings (SSSR count). The van der Waals surface area contributed by atoms with Crippen molar-refractivity contribution in [2.45, 2.75) is 20.1 Å². The van der Waals surface area contributed by atoms with Crippen LogP contribution in [0.5, 0.6) is 0 Å². The Morgan fingerprint density at radius 1 is 1.07 bits per heavy atom. The van der Waals surface area contributed by atoms with Crippen molar-refractivity contribution >= 4 is 29.9 Å². The predicted molar refractivity (Wildman–Crippen MR) is 131 cm³/mol. The molecule has 6 nitrogen and oxygen atoms in total. The van der Waals surface area contributed by atoms with Crippen LogP contribution >= 0.6 is 24.0 Å². The van der Waals surface area contributed by atoms with E-state index in [9.17, 15) is 0 Å². The van der Waals surface area contributed by atoms with E-state index in [-0.39, 0.29) is 24.0 Å². The van der Waals surface area contributed by atoms with Gasteiger partial charge in [0.2, 0.25) is 0 Å². The summed E-state index contributed by atoms with van der Waals surface area (Å²) in [7, 11) is 1.75. The molecule has 0 radical (unpaired) electrons. The second-order valence-electron chi connectivity index (χ2n) is 6.96. The summed E-state index contributed by atoms with van der Waals surface area (Å²) < 4.78 is 11.2. The maximum Gasteiger partial charge on any atom is 0.191 e. The van der Waals surface area contributed by atoms with Gasteiger partial charge in [-0.2, -0.15) is 0 Å². The molecule has 1 aromatic heterocycles. The Labute approximate surface area is 195 Å². The molecule has 2 N–H and O–H groups in total. The monoisotopic (exact) mass is 520 g/mol. The maximum atomic E-state index is 5.80. The first-order valence-electron chi connectivity index (χ1n) is 9.82. The number of nitrogens with one attached hydrogen (secondary N) is 2. The number of benzene rings is 2. The average molecular weight is 520 g/mol. The molecule has 0 aliphatic rings. The lowest BCUT2D eigenvalue weighted by molar-refractivity contribution is 0.0931. The van der Waals surface area contributed by atoms with E-state index in [1.165, 1.54) is 5.56 Å². The Hall–Kier alpha value is -2.39. The zero-order valence-electron chi connectivity index (χ0n) is 17.4. The van der Waals surface area contributed by atoms with Crippen LogP contribution in [0.2, 0.25) is 0 Å². The normalized spacial score (nSPS) is 12.1. The molecule has 160 valence electrons. The van der Waals surface area contributed by atoms with Gasteiger partial charge in [-0.25, -0.2) is 0 Å². The zero-order chi connectivity index (χ0) is 20.3. The Balaban J connectivity index is 0.00000320. The van der Waals surface area contributed by atoms with Gasteiger partial charge in [-0.15, -0.1) is 24.0 Å². The van der Waals surface area contributed by atoms with Gasteiger partial charge in [-0.1, -0.05) is 72.7 Å². The molecule has 0 amide bonds. The van der Waals surface area contributed by atoms with Gasteiger partial charge in [0, 0.05) is 25.2 Å². The van der Waals surface area contributed by atoms with E-state index >= 15 is 0 Å². The van der Waals surface area contributed by atoms with Crippen LogP contribution in [0.4, 0.5) is 0 Å². The summed E-state index contributed by atoms with van der Waals surface area (Å²) in [4.78, 5) is 4.26. The van der Waals surface area contributed by atoms with Crippen LogP contribution in [0, 0.1) is 5.92 Å². The summed E-state index contributed by atoms with van der Waals surface area (Å²) in [6.45, 7) is 4.77. The summed E-state index contributed by atoms with van der Waals surface area (Å²) in [5.74, 6) is 1.84. The molecule has 1 heterocycles. The molecule has 0 saturated carbocycles. The van der Waals surface area contributed by atoms with E-state index in [0.29, 0.717) is 25.7 Å². The van der Waals surface area contributed by atoms with Gasteiger partial charge in [0.1, 0.15) is 5.69 Å². The number of aliphatic imine (C=N–C) groups is 1. The third-order valence-corrected chi connectivity index (χ3v) is 4.41. The van der Waals surface area contributed by atoms with E-state index in [1.807, 2.05) is 54.6 Å². The van der Waals surface area contributed by atoms with Crippen molar-refractivity contribution in [3.05, 3.63) is 78.0 Å². The van der Waals surface area contributed by atoms with Gasteiger partial charge in [-0.05, 0) is 11.5 Å². The molecular weight excluding hydrogens is 491 g/mol. The number of ether oxygens (including phenoxy) is 1. The van der Waals surface area contributed by atoms with Gasteiger partial charge in [0.15, 0.2) is 11.7 Å². The van der Waals surface area contributed by atoms with Crippen LogP contribution in [0.25, 0.3) is 11.3 Å². The van der Waals surface area contributed by atoms with Crippen LogP contribution in [-0.2, 0) is 17.9 Å². The van der Waals surface area contributed by atoms with E-state index in [2.05, 4.69) is 39.8 Å². The second kappa shape index (κ2) is 13.0. The van der Waals surface area contributed by atoms with Crippen molar-refractivity contribution < 1.29 is 9.26 Å². The first-order valence-corrected chi connectivity index (χ1v) is 9.82. The molecular formula is C23H29IN4O2. The first-order chi connectivity index (χ1) is 14.2. The van der Waals surface area contributed by atoms with Crippen LogP contribution in [0.3, 0.4) is 0 Å². The fourth-order valence-electron chi connectivity index (χ4n) is 2.81. The zero-order valence-corrected chi connectivity index (χ0v) is 19.7. The number of hydrogen-bond donors (Lipinski definition) is 2.